The maximum Gasteiger partial charge on any atom is 0.328 e. The van der Waals surface area contributed by atoms with Crippen LogP contribution in [0.1, 0.15) is 13.3 Å². The van der Waals surface area contributed by atoms with E-state index in [1.165, 1.54) is 6.92 Å². The van der Waals surface area contributed by atoms with E-state index in [0.29, 0.717) is 0 Å². The molecule has 0 aliphatic rings. The van der Waals surface area contributed by atoms with Crippen molar-refractivity contribution in [1.82, 2.24) is 10.6 Å². The molecule has 0 heterocycles. The number of carboxylic acids is 1. The quantitative estimate of drug-likeness (QED) is 0.265. The summed E-state index contributed by atoms with van der Waals surface area (Å²) < 4.78 is 0. The van der Waals surface area contributed by atoms with Crippen LogP contribution < -0.4 is 22.1 Å². The highest BCUT2D eigenvalue weighted by Crippen LogP contribution is 1.98. The van der Waals surface area contributed by atoms with Gasteiger partial charge in [-0.2, -0.15) is 0 Å². The van der Waals surface area contributed by atoms with Crippen molar-refractivity contribution in [2.45, 2.75) is 31.5 Å². The zero-order chi connectivity index (χ0) is 15.9. The number of aliphatic hydroxyl groups excluding tert-OH is 1. The summed E-state index contributed by atoms with van der Waals surface area (Å²) in [7, 11) is 0. The zero-order valence-electron chi connectivity index (χ0n) is 10.8. The van der Waals surface area contributed by atoms with Gasteiger partial charge in [0.05, 0.1) is 19.1 Å². The number of primary amides is 1. The number of hydrogen-bond donors (Lipinski definition) is 6. The summed E-state index contributed by atoms with van der Waals surface area (Å²) in [6.45, 7) is 0.752. The molecule has 3 atom stereocenters. The van der Waals surface area contributed by atoms with Gasteiger partial charge in [0, 0.05) is 0 Å². The van der Waals surface area contributed by atoms with Crippen molar-refractivity contribution in [3.63, 3.8) is 0 Å². The van der Waals surface area contributed by atoms with Gasteiger partial charge in [-0.05, 0) is 6.92 Å². The van der Waals surface area contributed by atoms with Gasteiger partial charge in [-0.25, -0.2) is 4.79 Å². The van der Waals surface area contributed by atoms with E-state index in [0.717, 1.165) is 0 Å². The molecule has 10 nitrogen and oxygen atoms in total. The number of carbonyl (C=O) groups is 4. The number of nitrogens with one attached hydrogen (secondary N) is 2. The van der Waals surface area contributed by atoms with Gasteiger partial charge in [0.2, 0.25) is 17.7 Å². The van der Waals surface area contributed by atoms with Gasteiger partial charge in [-0.15, -0.1) is 0 Å². The predicted octanol–water partition coefficient (Wildman–Crippen LogP) is -3.74. The Labute approximate surface area is 114 Å². The molecule has 10 heteroatoms. The van der Waals surface area contributed by atoms with Crippen molar-refractivity contribution in [3.8, 4) is 0 Å². The molecule has 8 N–H and O–H groups in total. The summed E-state index contributed by atoms with van der Waals surface area (Å²) in [5, 5.41) is 22.2. The van der Waals surface area contributed by atoms with E-state index >= 15 is 0 Å². The molecule has 0 aliphatic heterocycles. The van der Waals surface area contributed by atoms with Gasteiger partial charge in [-0.3, -0.25) is 14.4 Å². The number of amides is 3. The number of rotatable bonds is 8. The van der Waals surface area contributed by atoms with Crippen LogP contribution in [0.2, 0.25) is 0 Å². The number of aliphatic carboxylic acids is 1. The Morgan fingerprint density at radius 3 is 2.10 bits per heavy atom. The molecule has 0 spiro atoms. The van der Waals surface area contributed by atoms with Crippen molar-refractivity contribution in [2.24, 2.45) is 11.5 Å². The number of aliphatic hydroxyl groups is 1. The van der Waals surface area contributed by atoms with Crippen LogP contribution >= 0.6 is 0 Å². The Morgan fingerprint density at radius 2 is 1.75 bits per heavy atom. The largest absolute Gasteiger partial charge is 0.480 e. The van der Waals surface area contributed by atoms with Crippen LogP contribution in [0.5, 0.6) is 0 Å². The van der Waals surface area contributed by atoms with Gasteiger partial charge in [0.1, 0.15) is 6.04 Å². The lowest BCUT2D eigenvalue weighted by atomic mass is 10.1. The summed E-state index contributed by atoms with van der Waals surface area (Å²) in [5.41, 5.74) is 9.99. The number of carboxylic acid groups (broad SMARTS) is 1. The monoisotopic (exact) mass is 290 g/mol. The van der Waals surface area contributed by atoms with Crippen LogP contribution in [0, 0.1) is 0 Å². The summed E-state index contributed by atoms with van der Waals surface area (Å²) in [5.74, 6) is -4.00. The zero-order valence-corrected chi connectivity index (χ0v) is 10.8. The Kier molecular flexibility index (Phi) is 7.18. The molecule has 0 aromatic carbocycles. The first kappa shape index (κ1) is 17.8. The molecule has 114 valence electrons. The van der Waals surface area contributed by atoms with Crippen molar-refractivity contribution in [1.29, 1.82) is 0 Å². The van der Waals surface area contributed by atoms with E-state index in [2.05, 4.69) is 5.32 Å². The number of nitrogens with two attached hydrogens (primary N) is 2. The third kappa shape index (κ3) is 6.11. The van der Waals surface area contributed by atoms with Gasteiger partial charge in [-0.1, -0.05) is 0 Å². The van der Waals surface area contributed by atoms with E-state index in [4.69, 9.17) is 16.6 Å². The van der Waals surface area contributed by atoms with Gasteiger partial charge in [0.25, 0.3) is 0 Å². The maximum atomic E-state index is 11.8. The summed E-state index contributed by atoms with van der Waals surface area (Å²) in [6.07, 6.45) is -1.89. The Balaban J connectivity index is 4.88. The maximum absolute atomic E-state index is 11.8. The first-order valence-corrected chi connectivity index (χ1v) is 5.68. The average Bonchev–Trinajstić information content (AvgIpc) is 2.33. The van der Waals surface area contributed by atoms with Gasteiger partial charge >= 0.3 is 5.97 Å². The van der Waals surface area contributed by atoms with Gasteiger partial charge in [0.15, 0.2) is 6.04 Å². The number of hydrogen-bond acceptors (Lipinski definition) is 6. The highest BCUT2D eigenvalue weighted by molar-refractivity contribution is 5.94. The molecule has 20 heavy (non-hydrogen) atoms. The molecular weight excluding hydrogens is 272 g/mol. The summed E-state index contributed by atoms with van der Waals surface area (Å²) in [6, 6.07) is -2.93. The molecule has 0 aliphatic carbocycles. The van der Waals surface area contributed by atoms with Crippen molar-refractivity contribution < 1.29 is 29.4 Å². The highest BCUT2D eigenvalue weighted by Gasteiger charge is 2.30. The molecule has 0 rings (SSSR count). The second-order valence-electron chi connectivity index (χ2n) is 4.06. The SMILES string of the molecule is CC(O)C(NC(=O)C(CC(N)=O)NC(=O)CN)C(=O)O. The topological polar surface area (TPSA) is 185 Å². The Bertz CT molecular complexity index is 397. The van der Waals surface area contributed by atoms with Crippen LogP contribution in [0.4, 0.5) is 0 Å². The van der Waals surface area contributed by atoms with E-state index in [9.17, 15) is 24.3 Å². The predicted molar refractivity (Wildman–Crippen MR) is 66.0 cm³/mol. The number of carbonyl (C=O) groups excluding carboxylic acids is 3. The first-order valence-electron chi connectivity index (χ1n) is 5.68. The molecule has 3 amide bonds. The average molecular weight is 290 g/mol. The molecule has 0 fully saturated rings. The molecule has 0 bridgehead atoms. The van der Waals surface area contributed by atoms with E-state index in [1.807, 2.05) is 5.32 Å². The van der Waals surface area contributed by atoms with Crippen LogP contribution in [0.3, 0.4) is 0 Å². The first-order chi connectivity index (χ1) is 9.18. The highest BCUT2D eigenvalue weighted by atomic mass is 16.4. The van der Waals surface area contributed by atoms with Crippen molar-refractivity contribution >= 4 is 23.7 Å². The second kappa shape index (κ2) is 8.07. The minimum Gasteiger partial charge on any atom is -0.480 e. The van der Waals surface area contributed by atoms with E-state index < -0.39 is 54.8 Å². The Hall–Kier alpha value is -2.20. The summed E-state index contributed by atoms with van der Waals surface area (Å²) in [4.78, 5) is 44.6. The van der Waals surface area contributed by atoms with E-state index in [1.54, 1.807) is 0 Å². The minimum absolute atomic E-state index is 0.415. The van der Waals surface area contributed by atoms with Crippen LogP contribution in [-0.2, 0) is 19.2 Å². The molecule has 3 unspecified atom stereocenters. The van der Waals surface area contributed by atoms with Crippen LogP contribution in [-0.4, -0.2) is 58.6 Å². The Morgan fingerprint density at radius 1 is 1.20 bits per heavy atom. The summed E-state index contributed by atoms with van der Waals surface area (Å²) >= 11 is 0. The van der Waals surface area contributed by atoms with Crippen molar-refractivity contribution in [2.75, 3.05) is 6.54 Å². The van der Waals surface area contributed by atoms with E-state index in [-0.39, 0.29) is 0 Å². The molecular formula is C10H18N4O6. The third-order valence-corrected chi connectivity index (χ3v) is 2.29. The lowest BCUT2D eigenvalue weighted by molar-refractivity contribution is -0.145. The smallest absolute Gasteiger partial charge is 0.328 e. The fourth-order valence-electron chi connectivity index (χ4n) is 1.31. The fourth-order valence-corrected chi connectivity index (χ4v) is 1.31. The normalized spacial score (nSPS) is 14.8. The van der Waals surface area contributed by atoms with Gasteiger partial charge < -0.3 is 32.3 Å². The molecule has 0 saturated carbocycles. The molecule has 0 radical (unpaired) electrons. The lowest BCUT2D eigenvalue weighted by Gasteiger charge is -2.21. The lowest BCUT2D eigenvalue weighted by Crippen LogP contribution is -2.56. The third-order valence-electron chi connectivity index (χ3n) is 2.29. The standard InChI is InChI=1S/C10H18N4O6/c1-4(15)8(10(19)20)14-9(18)5(2-6(12)16)13-7(17)3-11/h4-5,8,15H,2-3,11H2,1H3,(H2,12,16)(H,13,17)(H,14,18)(H,19,20). The fraction of sp³-hybridized carbons (Fsp3) is 0.600. The minimum atomic E-state index is -1.58. The molecule has 0 saturated heterocycles. The molecule has 0 aromatic rings. The van der Waals surface area contributed by atoms with Crippen LogP contribution in [0.15, 0.2) is 0 Å². The van der Waals surface area contributed by atoms with Crippen LogP contribution in [0.25, 0.3) is 0 Å². The molecule has 0 aromatic heterocycles. The van der Waals surface area contributed by atoms with Crippen molar-refractivity contribution in [3.05, 3.63) is 0 Å². The second-order valence-corrected chi connectivity index (χ2v) is 4.06.